The van der Waals surface area contributed by atoms with Crippen molar-refractivity contribution < 1.29 is 0 Å². The van der Waals surface area contributed by atoms with Crippen molar-refractivity contribution in [1.29, 1.82) is 0 Å². The van der Waals surface area contributed by atoms with E-state index in [-0.39, 0.29) is 0 Å². The molecule has 0 radical (unpaired) electrons. The van der Waals surface area contributed by atoms with Gasteiger partial charge in [-0.05, 0) is 24.8 Å². The van der Waals surface area contributed by atoms with Gasteiger partial charge >= 0.3 is 0 Å². The molecule has 1 aromatic rings. The number of hydrogen-bond acceptors (Lipinski definition) is 1. The first-order chi connectivity index (χ1) is 9.36. The molecular formula is C16H21N3. The predicted octanol–water partition coefficient (Wildman–Crippen LogP) is 2.43. The predicted molar refractivity (Wildman–Crippen MR) is 79.4 cm³/mol. The second-order valence-electron chi connectivity index (χ2n) is 5.36. The van der Waals surface area contributed by atoms with Gasteiger partial charge in [-0.15, -0.1) is 0 Å². The molecule has 100 valence electrons. The zero-order valence-electron chi connectivity index (χ0n) is 11.3. The summed E-state index contributed by atoms with van der Waals surface area (Å²) in [6.45, 7) is 0. The van der Waals surface area contributed by atoms with Crippen LogP contribution in [0.15, 0.2) is 47.5 Å². The molecule has 2 aliphatic rings. The van der Waals surface area contributed by atoms with Gasteiger partial charge in [0, 0.05) is 25.0 Å². The highest BCUT2D eigenvalue weighted by Crippen LogP contribution is 2.40. The summed E-state index contributed by atoms with van der Waals surface area (Å²) in [5.74, 6) is 1.58. The summed E-state index contributed by atoms with van der Waals surface area (Å²) in [5, 5.41) is 7.01. The van der Waals surface area contributed by atoms with Gasteiger partial charge in [-0.3, -0.25) is 4.99 Å². The Morgan fingerprint density at radius 1 is 1.11 bits per heavy atom. The van der Waals surface area contributed by atoms with Gasteiger partial charge in [0.05, 0.1) is 0 Å². The molecule has 2 N–H and O–H groups in total. The fourth-order valence-corrected chi connectivity index (χ4v) is 2.70. The Labute approximate surface area is 114 Å². The quantitative estimate of drug-likeness (QED) is 0.494. The van der Waals surface area contributed by atoms with Gasteiger partial charge in [0.25, 0.3) is 0 Å². The normalized spacial score (nSPS) is 26.5. The molecule has 1 saturated carbocycles. The lowest BCUT2D eigenvalue weighted by Gasteiger charge is -2.17. The van der Waals surface area contributed by atoms with Crippen LogP contribution in [0.25, 0.3) is 0 Å². The average molecular weight is 255 g/mol. The van der Waals surface area contributed by atoms with Crippen molar-refractivity contribution in [3.63, 3.8) is 0 Å². The minimum atomic E-state index is 0.514. The van der Waals surface area contributed by atoms with Gasteiger partial charge in [0.1, 0.15) is 0 Å². The van der Waals surface area contributed by atoms with Crippen LogP contribution in [-0.2, 0) is 0 Å². The zero-order valence-corrected chi connectivity index (χ0v) is 11.3. The van der Waals surface area contributed by atoms with Gasteiger partial charge < -0.3 is 10.6 Å². The Morgan fingerprint density at radius 2 is 1.84 bits per heavy atom. The molecule has 1 aromatic carbocycles. The van der Waals surface area contributed by atoms with Crippen molar-refractivity contribution in [3.05, 3.63) is 48.0 Å². The number of nitrogens with one attached hydrogen (secondary N) is 2. The summed E-state index contributed by atoms with van der Waals surface area (Å²) in [6.07, 6.45) is 7.87. The first-order valence-electron chi connectivity index (χ1n) is 7.06. The van der Waals surface area contributed by atoms with E-state index in [0.717, 1.165) is 18.8 Å². The summed E-state index contributed by atoms with van der Waals surface area (Å²) < 4.78 is 0. The third-order valence-corrected chi connectivity index (χ3v) is 3.91. The molecule has 0 aliphatic heterocycles. The Balaban J connectivity index is 1.51. The Bertz CT molecular complexity index is 470. The molecule has 1 fully saturated rings. The maximum Gasteiger partial charge on any atom is 0.191 e. The monoisotopic (exact) mass is 255 g/mol. The largest absolute Gasteiger partial charge is 0.353 e. The number of hydrogen-bond donors (Lipinski definition) is 2. The standard InChI is InChI=1S/C16H21N3/c1-17-16(18-13-9-5-6-10-13)19-15-11-14(15)12-7-3-2-4-8-12/h2-8,13-15H,9-11H2,1H3,(H2,17,18,19). The highest BCUT2D eigenvalue weighted by atomic mass is 15.2. The second kappa shape index (κ2) is 5.47. The molecule has 3 rings (SSSR count). The van der Waals surface area contributed by atoms with Crippen LogP contribution in [0, 0.1) is 0 Å². The molecular weight excluding hydrogens is 234 g/mol. The summed E-state index contributed by atoms with van der Waals surface area (Å²) in [4.78, 5) is 4.33. The van der Waals surface area contributed by atoms with Crippen LogP contribution in [0.1, 0.15) is 30.7 Å². The molecule has 0 amide bonds. The van der Waals surface area contributed by atoms with Gasteiger partial charge in [0.15, 0.2) is 5.96 Å². The maximum atomic E-state index is 4.33. The van der Waals surface area contributed by atoms with E-state index in [1.807, 2.05) is 7.05 Å². The molecule has 2 unspecified atom stereocenters. The molecule has 0 bridgehead atoms. The molecule has 0 aromatic heterocycles. The van der Waals surface area contributed by atoms with E-state index in [2.05, 4.69) is 58.1 Å². The van der Waals surface area contributed by atoms with Gasteiger partial charge in [-0.25, -0.2) is 0 Å². The number of rotatable bonds is 3. The van der Waals surface area contributed by atoms with Gasteiger partial charge in [0.2, 0.25) is 0 Å². The molecule has 19 heavy (non-hydrogen) atoms. The Hall–Kier alpha value is -1.77. The van der Waals surface area contributed by atoms with Crippen LogP contribution in [-0.4, -0.2) is 25.1 Å². The summed E-state index contributed by atoms with van der Waals surface area (Å²) in [5.41, 5.74) is 1.43. The van der Waals surface area contributed by atoms with E-state index in [9.17, 15) is 0 Å². The SMILES string of the molecule is CN=C(NC1CC=CC1)NC1CC1c1ccccc1. The number of nitrogens with zero attached hydrogens (tertiary/aromatic N) is 1. The van der Waals surface area contributed by atoms with Crippen LogP contribution in [0.5, 0.6) is 0 Å². The summed E-state index contributed by atoms with van der Waals surface area (Å²) in [7, 11) is 1.84. The first-order valence-corrected chi connectivity index (χ1v) is 7.06. The van der Waals surface area contributed by atoms with Crippen LogP contribution in [0.3, 0.4) is 0 Å². The van der Waals surface area contributed by atoms with E-state index >= 15 is 0 Å². The van der Waals surface area contributed by atoms with E-state index < -0.39 is 0 Å². The fraction of sp³-hybridized carbons (Fsp3) is 0.438. The lowest BCUT2D eigenvalue weighted by atomic mass is 10.1. The van der Waals surface area contributed by atoms with Gasteiger partial charge in [-0.1, -0.05) is 42.5 Å². The highest BCUT2D eigenvalue weighted by Gasteiger charge is 2.39. The molecule has 0 saturated heterocycles. The number of guanidine groups is 1. The lowest BCUT2D eigenvalue weighted by Crippen LogP contribution is -2.43. The van der Waals surface area contributed by atoms with Crippen molar-refractivity contribution in [2.24, 2.45) is 4.99 Å². The third-order valence-electron chi connectivity index (χ3n) is 3.91. The maximum absolute atomic E-state index is 4.33. The zero-order chi connectivity index (χ0) is 13.1. The van der Waals surface area contributed by atoms with E-state index in [1.165, 1.54) is 12.0 Å². The minimum absolute atomic E-state index is 0.514. The van der Waals surface area contributed by atoms with Crippen LogP contribution in [0.4, 0.5) is 0 Å². The number of benzene rings is 1. The number of aliphatic imine (C=N–C) groups is 1. The van der Waals surface area contributed by atoms with E-state index in [0.29, 0.717) is 18.0 Å². The minimum Gasteiger partial charge on any atom is -0.353 e. The Morgan fingerprint density at radius 3 is 2.53 bits per heavy atom. The smallest absolute Gasteiger partial charge is 0.191 e. The van der Waals surface area contributed by atoms with E-state index in [1.54, 1.807) is 0 Å². The topological polar surface area (TPSA) is 36.4 Å². The van der Waals surface area contributed by atoms with Crippen LogP contribution in [0.2, 0.25) is 0 Å². The molecule has 3 nitrogen and oxygen atoms in total. The molecule has 2 atom stereocenters. The van der Waals surface area contributed by atoms with Crippen molar-refractivity contribution >= 4 is 5.96 Å². The molecule has 0 spiro atoms. The summed E-state index contributed by atoms with van der Waals surface area (Å²) >= 11 is 0. The van der Waals surface area contributed by atoms with E-state index in [4.69, 9.17) is 0 Å². The van der Waals surface area contributed by atoms with Crippen LogP contribution >= 0.6 is 0 Å². The second-order valence-corrected chi connectivity index (χ2v) is 5.36. The van der Waals surface area contributed by atoms with Crippen molar-refractivity contribution in [3.8, 4) is 0 Å². The third kappa shape index (κ3) is 2.98. The molecule has 3 heteroatoms. The average Bonchev–Trinajstić information content (AvgIpc) is 3.03. The van der Waals surface area contributed by atoms with Gasteiger partial charge in [-0.2, -0.15) is 0 Å². The summed E-state index contributed by atoms with van der Waals surface area (Å²) in [6, 6.07) is 11.8. The van der Waals surface area contributed by atoms with Crippen LogP contribution < -0.4 is 10.6 Å². The first kappa shape index (κ1) is 12.3. The fourth-order valence-electron chi connectivity index (χ4n) is 2.70. The van der Waals surface area contributed by atoms with Crippen molar-refractivity contribution in [2.75, 3.05) is 7.05 Å². The highest BCUT2D eigenvalue weighted by molar-refractivity contribution is 5.81. The van der Waals surface area contributed by atoms with Crippen molar-refractivity contribution in [2.45, 2.75) is 37.3 Å². The Kier molecular flexibility index (Phi) is 3.53. The lowest BCUT2D eigenvalue weighted by molar-refractivity contribution is 0.631. The molecule has 2 aliphatic carbocycles. The van der Waals surface area contributed by atoms with Crippen molar-refractivity contribution in [1.82, 2.24) is 10.6 Å². The molecule has 0 heterocycles.